The molecule has 1 N–H and O–H groups in total. The molecule has 0 aliphatic carbocycles. The summed E-state index contributed by atoms with van der Waals surface area (Å²) in [4.78, 5) is 21.7. The monoisotopic (exact) mass is 489 g/mol. The first-order valence-corrected chi connectivity index (χ1v) is 12.2. The first kappa shape index (κ1) is 23.0. The number of carbonyl (C=O) groups excluding carboxylic acids is 1. The number of aromatic nitrogens is 4. The maximum absolute atomic E-state index is 13.4. The molecule has 3 heterocycles. The van der Waals surface area contributed by atoms with Crippen LogP contribution in [-0.2, 0) is 11.4 Å². The zero-order chi connectivity index (χ0) is 24.5. The number of halogens is 1. The van der Waals surface area contributed by atoms with Gasteiger partial charge in [0.25, 0.3) is 5.95 Å². The lowest BCUT2D eigenvalue weighted by Crippen LogP contribution is -2.17. The summed E-state index contributed by atoms with van der Waals surface area (Å²) < 4.78 is 20.9. The number of rotatable bonds is 5. The molecule has 0 saturated carbocycles. The van der Waals surface area contributed by atoms with Crippen molar-refractivity contribution in [1.29, 1.82) is 0 Å². The van der Waals surface area contributed by atoms with Gasteiger partial charge in [-0.25, -0.2) is 14.4 Å². The topological polar surface area (TPSA) is 81.9 Å². The predicted octanol–water partition coefficient (Wildman–Crippen LogP) is 5.08. The van der Waals surface area contributed by atoms with Crippen LogP contribution in [-0.4, -0.2) is 31.4 Å². The van der Waals surface area contributed by atoms with Crippen LogP contribution in [0.2, 0.25) is 0 Å². The van der Waals surface area contributed by atoms with E-state index in [2.05, 4.69) is 15.3 Å². The highest BCUT2D eigenvalue weighted by atomic mass is 32.2. The molecule has 1 atom stereocenters. The van der Waals surface area contributed by atoms with E-state index in [0.717, 1.165) is 33.8 Å². The number of ether oxygens (including phenoxy) is 1. The Morgan fingerprint density at radius 1 is 1.09 bits per heavy atom. The van der Waals surface area contributed by atoms with Gasteiger partial charge < -0.3 is 10.1 Å². The van der Waals surface area contributed by atoms with Gasteiger partial charge in [-0.05, 0) is 62.2 Å². The Labute approximate surface area is 206 Å². The van der Waals surface area contributed by atoms with Crippen LogP contribution < -0.4 is 10.1 Å². The summed E-state index contributed by atoms with van der Waals surface area (Å²) in [6.07, 6.45) is 0. The molecule has 0 spiro atoms. The molecule has 7 nitrogen and oxygen atoms in total. The smallest absolute Gasteiger partial charge is 0.252 e. The van der Waals surface area contributed by atoms with Gasteiger partial charge in [0.2, 0.25) is 5.91 Å². The summed E-state index contributed by atoms with van der Waals surface area (Å²) in [5, 5.41) is 7.59. The number of anilines is 1. The number of hydrogen-bond acceptors (Lipinski definition) is 6. The van der Waals surface area contributed by atoms with Crippen LogP contribution in [0.25, 0.3) is 5.95 Å². The molecule has 0 saturated heterocycles. The van der Waals surface area contributed by atoms with E-state index in [1.807, 2.05) is 57.2 Å². The summed E-state index contributed by atoms with van der Waals surface area (Å²) in [5.74, 6) is 1.64. The average Bonchev–Trinajstić information content (AvgIpc) is 3.02. The van der Waals surface area contributed by atoms with Crippen LogP contribution in [0.3, 0.4) is 0 Å². The van der Waals surface area contributed by atoms with Gasteiger partial charge >= 0.3 is 0 Å². The zero-order valence-corrected chi connectivity index (χ0v) is 20.4. The molecule has 0 fully saturated rings. The van der Waals surface area contributed by atoms with Crippen molar-refractivity contribution >= 4 is 23.5 Å². The van der Waals surface area contributed by atoms with Gasteiger partial charge in [0, 0.05) is 17.0 Å². The Hall–Kier alpha value is -3.72. The molecule has 4 aromatic rings. The van der Waals surface area contributed by atoms with Crippen LogP contribution in [0, 0.1) is 26.6 Å². The van der Waals surface area contributed by atoms with Gasteiger partial charge in [0.15, 0.2) is 0 Å². The number of nitrogens with one attached hydrogen (secondary N) is 1. The summed E-state index contributed by atoms with van der Waals surface area (Å²) in [6, 6.07) is 16.0. The molecule has 1 amide bonds. The maximum atomic E-state index is 13.4. The molecule has 1 aliphatic rings. The third-order valence-corrected chi connectivity index (χ3v) is 6.92. The van der Waals surface area contributed by atoms with Crippen molar-refractivity contribution in [3.8, 4) is 11.7 Å². The summed E-state index contributed by atoms with van der Waals surface area (Å²) in [5.41, 5.74) is 5.17. The largest absolute Gasteiger partial charge is 0.489 e. The van der Waals surface area contributed by atoms with Gasteiger partial charge in [-0.15, -0.1) is 11.8 Å². The van der Waals surface area contributed by atoms with Crippen molar-refractivity contribution in [1.82, 2.24) is 19.7 Å². The fraction of sp³-hybridized carbons (Fsp3) is 0.231. The van der Waals surface area contributed by atoms with E-state index in [1.54, 1.807) is 22.5 Å². The second-order valence-corrected chi connectivity index (χ2v) is 9.53. The number of aryl methyl sites for hydroxylation is 3. The molecule has 1 aliphatic heterocycles. The molecule has 2 aromatic heterocycles. The fourth-order valence-corrected chi connectivity index (χ4v) is 5.31. The molecule has 178 valence electrons. The number of nitrogens with zero attached hydrogens (tertiary/aromatic N) is 4. The predicted molar refractivity (Wildman–Crippen MR) is 133 cm³/mol. The van der Waals surface area contributed by atoms with E-state index < -0.39 is 0 Å². The second kappa shape index (κ2) is 9.50. The van der Waals surface area contributed by atoms with E-state index in [9.17, 15) is 9.18 Å². The van der Waals surface area contributed by atoms with Crippen LogP contribution in [0.1, 0.15) is 39.0 Å². The highest BCUT2D eigenvalue weighted by molar-refractivity contribution is 8.00. The van der Waals surface area contributed by atoms with E-state index in [4.69, 9.17) is 9.84 Å². The Kier molecular flexibility index (Phi) is 6.25. The lowest BCUT2D eigenvalue weighted by Gasteiger charge is -2.16. The number of amides is 1. The van der Waals surface area contributed by atoms with E-state index in [1.165, 1.54) is 12.1 Å². The van der Waals surface area contributed by atoms with Crippen molar-refractivity contribution in [2.24, 2.45) is 0 Å². The SMILES string of the molecule is Cc1cc(C)nc(-n2nc(C)c3c2NC(=O)CS[C@H]3c2ccc(OCc3cccc(F)c3)cc2)n1. The molecule has 2 aromatic carbocycles. The fourth-order valence-electron chi connectivity index (χ4n) is 4.13. The van der Waals surface area contributed by atoms with Crippen LogP contribution in [0.15, 0.2) is 54.6 Å². The van der Waals surface area contributed by atoms with Gasteiger partial charge in [0.1, 0.15) is 24.0 Å². The lowest BCUT2D eigenvalue weighted by molar-refractivity contribution is -0.113. The first-order valence-electron chi connectivity index (χ1n) is 11.2. The van der Waals surface area contributed by atoms with Crippen molar-refractivity contribution in [2.45, 2.75) is 32.6 Å². The number of carbonyl (C=O) groups is 1. The van der Waals surface area contributed by atoms with Crippen LogP contribution >= 0.6 is 11.8 Å². The summed E-state index contributed by atoms with van der Waals surface area (Å²) in [7, 11) is 0. The lowest BCUT2D eigenvalue weighted by atomic mass is 10.0. The van der Waals surface area contributed by atoms with Crippen molar-refractivity contribution in [2.75, 3.05) is 11.1 Å². The second-order valence-electron chi connectivity index (χ2n) is 8.44. The third-order valence-electron chi connectivity index (χ3n) is 5.65. The Morgan fingerprint density at radius 2 is 1.83 bits per heavy atom. The van der Waals surface area contributed by atoms with Crippen molar-refractivity contribution < 1.29 is 13.9 Å². The van der Waals surface area contributed by atoms with Gasteiger partial charge in [-0.3, -0.25) is 4.79 Å². The molecule has 0 unspecified atom stereocenters. The molecule has 5 rings (SSSR count). The third kappa shape index (κ3) is 4.90. The highest BCUT2D eigenvalue weighted by Gasteiger charge is 2.31. The average molecular weight is 490 g/mol. The zero-order valence-electron chi connectivity index (χ0n) is 19.6. The molecule has 9 heteroatoms. The van der Waals surface area contributed by atoms with Crippen LogP contribution in [0.5, 0.6) is 5.75 Å². The number of benzene rings is 2. The van der Waals surface area contributed by atoms with Crippen molar-refractivity contribution in [3.63, 3.8) is 0 Å². The van der Waals surface area contributed by atoms with Gasteiger partial charge in [-0.1, -0.05) is 24.3 Å². The quantitative estimate of drug-likeness (QED) is 0.421. The number of thioether (sulfide) groups is 1. The Balaban J connectivity index is 1.45. The minimum absolute atomic E-state index is 0.0979. The highest BCUT2D eigenvalue weighted by Crippen LogP contribution is 2.44. The summed E-state index contributed by atoms with van der Waals surface area (Å²) in [6.45, 7) is 6.02. The Bertz CT molecular complexity index is 1380. The molecule has 0 bridgehead atoms. The molecular formula is C26H24FN5O2S. The molecule has 35 heavy (non-hydrogen) atoms. The minimum Gasteiger partial charge on any atom is -0.489 e. The van der Waals surface area contributed by atoms with E-state index in [-0.39, 0.29) is 23.6 Å². The Morgan fingerprint density at radius 3 is 2.54 bits per heavy atom. The maximum Gasteiger partial charge on any atom is 0.252 e. The van der Waals surface area contributed by atoms with E-state index >= 15 is 0 Å². The van der Waals surface area contributed by atoms with Crippen LogP contribution in [0.4, 0.5) is 10.2 Å². The standard InChI is InChI=1S/C26H24FN5O2S/c1-15-11-16(2)29-26(28-15)32-25-23(17(3)31-32)24(35-14-22(33)30-25)19-7-9-21(10-8-19)34-13-18-5-4-6-20(27)12-18/h4-12,24H,13-14H2,1-3H3,(H,30,33)/t24-/m0/s1. The molecular weight excluding hydrogens is 465 g/mol. The van der Waals surface area contributed by atoms with E-state index in [0.29, 0.717) is 23.3 Å². The van der Waals surface area contributed by atoms with Gasteiger partial charge in [-0.2, -0.15) is 9.78 Å². The number of hydrogen-bond donors (Lipinski definition) is 1. The van der Waals surface area contributed by atoms with Gasteiger partial charge in [0.05, 0.1) is 16.7 Å². The first-order chi connectivity index (χ1) is 16.9. The molecule has 0 radical (unpaired) electrons. The van der Waals surface area contributed by atoms with Crippen molar-refractivity contribution in [3.05, 3.63) is 94.2 Å². The number of fused-ring (bicyclic) bond motifs is 1. The minimum atomic E-state index is -0.284. The summed E-state index contributed by atoms with van der Waals surface area (Å²) >= 11 is 1.55. The normalized spacial score (nSPS) is 15.3.